The van der Waals surface area contributed by atoms with Gasteiger partial charge in [0.05, 0.1) is 12.6 Å². The van der Waals surface area contributed by atoms with Crippen molar-refractivity contribution in [3.8, 4) is 10.6 Å². The number of amides is 1. The lowest BCUT2D eigenvalue weighted by molar-refractivity contribution is -0.137. The lowest BCUT2D eigenvalue weighted by Crippen LogP contribution is -2.36. The molecule has 2 heterocycles. The Morgan fingerprint density at radius 3 is 2.91 bits per heavy atom. The molecule has 0 aliphatic carbocycles. The topological polar surface area (TPSA) is 70.5 Å². The van der Waals surface area contributed by atoms with E-state index in [4.69, 9.17) is 5.11 Å². The summed E-state index contributed by atoms with van der Waals surface area (Å²) in [6, 6.07) is 6.00. The maximum absolute atomic E-state index is 13.8. The van der Waals surface area contributed by atoms with Crippen LogP contribution in [0.15, 0.2) is 30.5 Å². The number of rotatable bonds is 4. The molecule has 1 fully saturated rings. The lowest BCUT2D eigenvalue weighted by atomic mass is 10.1. The number of halogens is 1. The number of carbonyl (C=O) groups excluding carboxylic acids is 1. The number of carboxylic acid groups (broad SMARTS) is 1. The number of carboxylic acids is 1. The van der Waals surface area contributed by atoms with Gasteiger partial charge in [-0.3, -0.25) is 9.59 Å². The van der Waals surface area contributed by atoms with Crippen LogP contribution >= 0.6 is 11.3 Å². The van der Waals surface area contributed by atoms with E-state index in [1.165, 1.54) is 12.3 Å². The average molecular weight is 334 g/mol. The van der Waals surface area contributed by atoms with E-state index in [1.54, 1.807) is 23.1 Å². The second kappa shape index (κ2) is 6.45. The Morgan fingerprint density at radius 2 is 2.17 bits per heavy atom. The maximum atomic E-state index is 13.8. The first-order chi connectivity index (χ1) is 11.1. The van der Waals surface area contributed by atoms with Gasteiger partial charge in [0.2, 0.25) is 0 Å². The average Bonchev–Trinajstić information content (AvgIpc) is 3.16. The second-order valence-corrected chi connectivity index (χ2v) is 6.43. The molecule has 3 rings (SSSR count). The number of aromatic nitrogens is 1. The van der Waals surface area contributed by atoms with Crippen molar-refractivity contribution in [3.05, 3.63) is 41.2 Å². The molecule has 0 radical (unpaired) electrons. The minimum atomic E-state index is -0.911. The number of benzene rings is 1. The molecule has 2 aromatic rings. The molecule has 1 aromatic carbocycles. The first kappa shape index (κ1) is 15.6. The smallest absolute Gasteiger partial charge is 0.305 e. The zero-order chi connectivity index (χ0) is 16.4. The molecule has 7 heteroatoms. The highest BCUT2D eigenvalue weighted by Crippen LogP contribution is 2.30. The molecule has 1 saturated heterocycles. The summed E-state index contributed by atoms with van der Waals surface area (Å²) < 4.78 is 13.8. The third kappa shape index (κ3) is 3.24. The van der Waals surface area contributed by atoms with E-state index in [2.05, 4.69) is 4.98 Å². The quantitative estimate of drug-likeness (QED) is 0.933. The molecule has 1 unspecified atom stereocenters. The molecule has 1 amide bonds. The molecule has 23 heavy (non-hydrogen) atoms. The summed E-state index contributed by atoms with van der Waals surface area (Å²) in [4.78, 5) is 29.6. The first-order valence-electron chi connectivity index (χ1n) is 7.30. The Kier molecular flexibility index (Phi) is 4.38. The predicted molar refractivity (Wildman–Crippen MR) is 83.8 cm³/mol. The van der Waals surface area contributed by atoms with Crippen LogP contribution in [-0.4, -0.2) is 39.5 Å². The minimum Gasteiger partial charge on any atom is -0.481 e. The van der Waals surface area contributed by atoms with Crippen molar-refractivity contribution >= 4 is 23.2 Å². The van der Waals surface area contributed by atoms with E-state index in [1.807, 2.05) is 0 Å². The van der Waals surface area contributed by atoms with Crippen LogP contribution in [0.1, 0.15) is 28.9 Å². The zero-order valence-corrected chi connectivity index (χ0v) is 13.1. The highest BCUT2D eigenvalue weighted by atomic mass is 32.1. The predicted octanol–water partition coefficient (Wildman–Crippen LogP) is 3.03. The van der Waals surface area contributed by atoms with Crippen molar-refractivity contribution in [1.82, 2.24) is 9.88 Å². The lowest BCUT2D eigenvalue weighted by Gasteiger charge is -2.22. The fourth-order valence-corrected chi connectivity index (χ4v) is 3.69. The number of carbonyl (C=O) groups is 2. The van der Waals surface area contributed by atoms with E-state index in [0.29, 0.717) is 28.4 Å². The van der Waals surface area contributed by atoms with Gasteiger partial charge in [-0.15, -0.1) is 11.3 Å². The standard InChI is InChI=1S/C16H15FN2O3S/c17-12-6-2-1-5-11(12)15-18-9-13(23-15)16(22)19-7-3-4-10(19)8-14(20)21/h1-2,5-6,9-10H,3-4,7-8H2,(H,20,21). The van der Waals surface area contributed by atoms with Crippen LogP contribution in [-0.2, 0) is 4.79 Å². The second-order valence-electron chi connectivity index (χ2n) is 5.40. The first-order valence-corrected chi connectivity index (χ1v) is 8.11. The van der Waals surface area contributed by atoms with E-state index in [0.717, 1.165) is 17.8 Å². The SMILES string of the molecule is O=C(O)CC1CCCN1C(=O)c1cnc(-c2ccccc2F)s1. The molecule has 5 nitrogen and oxygen atoms in total. The summed E-state index contributed by atoms with van der Waals surface area (Å²) in [5.41, 5.74) is 0.361. The van der Waals surface area contributed by atoms with Gasteiger partial charge in [-0.05, 0) is 25.0 Å². The van der Waals surface area contributed by atoms with Crippen molar-refractivity contribution in [2.75, 3.05) is 6.54 Å². The van der Waals surface area contributed by atoms with Gasteiger partial charge in [-0.25, -0.2) is 9.37 Å². The third-order valence-corrected chi connectivity index (χ3v) is 4.89. The fraction of sp³-hybridized carbons (Fsp3) is 0.312. The Balaban J connectivity index is 1.81. The van der Waals surface area contributed by atoms with Gasteiger partial charge in [-0.2, -0.15) is 0 Å². The number of nitrogens with zero attached hydrogens (tertiary/aromatic N) is 2. The number of aliphatic carboxylic acids is 1. The molecular formula is C16H15FN2O3S. The molecule has 1 aromatic heterocycles. The van der Waals surface area contributed by atoms with Crippen LogP contribution in [0.2, 0.25) is 0 Å². The monoisotopic (exact) mass is 334 g/mol. The summed E-state index contributed by atoms with van der Waals surface area (Å²) in [6.07, 6.45) is 2.87. The van der Waals surface area contributed by atoms with Gasteiger partial charge in [0.25, 0.3) is 5.91 Å². The van der Waals surface area contributed by atoms with E-state index < -0.39 is 5.97 Å². The molecular weight excluding hydrogens is 319 g/mol. The van der Waals surface area contributed by atoms with Gasteiger partial charge in [0.1, 0.15) is 15.7 Å². The zero-order valence-electron chi connectivity index (χ0n) is 12.2. The normalized spacial score (nSPS) is 17.4. The summed E-state index contributed by atoms with van der Waals surface area (Å²) in [5.74, 6) is -1.52. The van der Waals surface area contributed by atoms with Crippen LogP contribution in [0.3, 0.4) is 0 Å². The Bertz CT molecular complexity index is 746. The van der Waals surface area contributed by atoms with Crippen molar-refractivity contribution in [2.24, 2.45) is 0 Å². The number of hydrogen-bond acceptors (Lipinski definition) is 4. The minimum absolute atomic E-state index is 0.0509. The molecule has 1 atom stereocenters. The van der Waals surface area contributed by atoms with Crippen molar-refractivity contribution < 1.29 is 19.1 Å². The van der Waals surface area contributed by atoms with Crippen LogP contribution in [0, 0.1) is 5.82 Å². The van der Waals surface area contributed by atoms with Crippen molar-refractivity contribution in [1.29, 1.82) is 0 Å². The van der Waals surface area contributed by atoms with E-state index >= 15 is 0 Å². The molecule has 0 bridgehead atoms. The third-order valence-electron chi connectivity index (χ3n) is 3.87. The van der Waals surface area contributed by atoms with Crippen molar-refractivity contribution in [3.63, 3.8) is 0 Å². The Hall–Kier alpha value is -2.28. The van der Waals surface area contributed by atoms with Gasteiger partial charge in [0.15, 0.2) is 0 Å². The largest absolute Gasteiger partial charge is 0.481 e. The summed E-state index contributed by atoms with van der Waals surface area (Å²) >= 11 is 1.13. The van der Waals surface area contributed by atoms with Gasteiger partial charge in [0, 0.05) is 18.2 Å². The number of likely N-dealkylation sites (tertiary alicyclic amines) is 1. The van der Waals surface area contributed by atoms with E-state index in [9.17, 15) is 14.0 Å². The van der Waals surface area contributed by atoms with Gasteiger partial charge < -0.3 is 10.0 Å². The van der Waals surface area contributed by atoms with Gasteiger partial charge >= 0.3 is 5.97 Å². The molecule has 120 valence electrons. The van der Waals surface area contributed by atoms with Crippen LogP contribution in [0.5, 0.6) is 0 Å². The molecule has 1 aliphatic rings. The summed E-state index contributed by atoms with van der Waals surface area (Å²) in [7, 11) is 0. The molecule has 0 spiro atoms. The van der Waals surface area contributed by atoms with Crippen LogP contribution in [0.25, 0.3) is 10.6 Å². The van der Waals surface area contributed by atoms with Crippen molar-refractivity contribution in [2.45, 2.75) is 25.3 Å². The van der Waals surface area contributed by atoms with E-state index in [-0.39, 0.29) is 24.2 Å². The van der Waals surface area contributed by atoms with Crippen LogP contribution in [0.4, 0.5) is 4.39 Å². The highest BCUT2D eigenvalue weighted by molar-refractivity contribution is 7.16. The molecule has 1 aliphatic heterocycles. The Labute approximate surface area is 136 Å². The highest BCUT2D eigenvalue weighted by Gasteiger charge is 2.32. The number of thiazole rings is 1. The summed E-state index contributed by atoms with van der Waals surface area (Å²) in [5, 5.41) is 9.38. The molecule has 1 N–H and O–H groups in total. The van der Waals surface area contributed by atoms with Crippen LogP contribution < -0.4 is 0 Å². The fourth-order valence-electron chi connectivity index (χ4n) is 2.79. The molecule has 0 saturated carbocycles. The maximum Gasteiger partial charge on any atom is 0.305 e. The number of hydrogen-bond donors (Lipinski definition) is 1. The Morgan fingerprint density at radius 1 is 1.39 bits per heavy atom. The summed E-state index contributed by atoms with van der Waals surface area (Å²) in [6.45, 7) is 0.545. The van der Waals surface area contributed by atoms with Gasteiger partial charge in [-0.1, -0.05) is 12.1 Å².